The second-order valence-electron chi connectivity index (χ2n) is 15.0. The molecule has 55 heavy (non-hydrogen) atoms. The van der Waals surface area contributed by atoms with Crippen molar-refractivity contribution in [2.24, 2.45) is 13.0 Å². The molecule has 3 saturated heterocycles. The molecular weight excluding hydrogens is 728 g/mol. The lowest BCUT2D eigenvalue weighted by Crippen LogP contribution is -2.54. The van der Waals surface area contributed by atoms with Gasteiger partial charge in [-0.3, -0.25) is 24.5 Å². The van der Waals surface area contributed by atoms with E-state index in [1.807, 2.05) is 44.4 Å². The Morgan fingerprint density at radius 3 is 2.55 bits per heavy atom. The summed E-state index contributed by atoms with van der Waals surface area (Å²) in [5.41, 5.74) is 4.99. The first-order valence-corrected chi connectivity index (χ1v) is 19.2. The van der Waals surface area contributed by atoms with Crippen LogP contribution in [-0.2, 0) is 23.2 Å². The van der Waals surface area contributed by atoms with E-state index < -0.39 is 12.6 Å². The van der Waals surface area contributed by atoms with Gasteiger partial charge in [0.15, 0.2) is 11.4 Å². The number of halogens is 3. The lowest BCUT2D eigenvalue weighted by Gasteiger charge is -2.43. The van der Waals surface area contributed by atoms with Crippen LogP contribution in [0.25, 0.3) is 22.6 Å². The number of carbonyl (C=O) groups excluding carboxylic acids is 2. The van der Waals surface area contributed by atoms with E-state index in [4.69, 9.17) is 16.3 Å². The number of imidazole rings is 1. The summed E-state index contributed by atoms with van der Waals surface area (Å²) < 4.78 is 37.7. The minimum Gasteiger partial charge on any atom is -0.453 e. The first-order chi connectivity index (χ1) is 26.6. The Labute approximate surface area is 322 Å². The zero-order valence-electron chi connectivity index (χ0n) is 30.9. The van der Waals surface area contributed by atoms with Crippen molar-refractivity contribution in [3.05, 3.63) is 82.5 Å². The predicted octanol–water partition coefficient (Wildman–Crippen LogP) is 6.14. The fraction of sp³-hybridized carbons (Fsp3) is 0.425. The van der Waals surface area contributed by atoms with Gasteiger partial charge >= 0.3 is 0 Å². The number of amides is 2. The number of ether oxygens (including phenoxy) is 1. The summed E-state index contributed by atoms with van der Waals surface area (Å²) in [6.45, 7) is 6.77. The fourth-order valence-corrected chi connectivity index (χ4v) is 8.38. The van der Waals surface area contributed by atoms with E-state index in [1.165, 1.54) is 12.3 Å². The number of hydrogen-bond donors (Lipinski definition) is 2. The van der Waals surface area contributed by atoms with Crippen LogP contribution in [0, 0.1) is 18.7 Å². The Morgan fingerprint density at radius 1 is 1.04 bits per heavy atom. The van der Waals surface area contributed by atoms with E-state index in [0.717, 1.165) is 62.4 Å². The number of aryl methyl sites for hydroxylation is 2. The Bertz CT molecular complexity index is 2200. The Kier molecular flexibility index (Phi) is 10.6. The van der Waals surface area contributed by atoms with Gasteiger partial charge in [-0.15, -0.1) is 0 Å². The van der Waals surface area contributed by atoms with E-state index in [2.05, 4.69) is 40.1 Å². The van der Waals surface area contributed by atoms with Crippen LogP contribution in [0.2, 0.25) is 5.02 Å². The van der Waals surface area contributed by atoms with Crippen molar-refractivity contribution in [2.45, 2.75) is 51.1 Å². The van der Waals surface area contributed by atoms with Crippen molar-refractivity contribution >= 4 is 40.3 Å². The minimum atomic E-state index is -0.508. The molecule has 3 aliphatic rings. The van der Waals surface area contributed by atoms with Gasteiger partial charge in [-0.2, -0.15) is 5.10 Å². The molecule has 0 spiro atoms. The number of rotatable bonds is 10. The largest absolute Gasteiger partial charge is 0.453 e. The van der Waals surface area contributed by atoms with Crippen molar-refractivity contribution < 1.29 is 23.1 Å². The van der Waals surface area contributed by atoms with E-state index in [9.17, 15) is 14.0 Å². The van der Waals surface area contributed by atoms with Crippen LogP contribution in [-0.4, -0.2) is 98.3 Å². The summed E-state index contributed by atoms with van der Waals surface area (Å²) in [6, 6.07) is 12.6. The van der Waals surface area contributed by atoms with Crippen LogP contribution in [0.15, 0.2) is 54.9 Å². The number of H-pyrrole nitrogens is 1. The topological polar surface area (TPSA) is 125 Å². The molecule has 3 fully saturated rings. The summed E-state index contributed by atoms with van der Waals surface area (Å²) in [5.74, 6) is 0.628. The van der Waals surface area contributed by atoms with Crippen LogP contribution < -0.4 is 15.0 Å². The van der Waals surface area contributed by atoms with Crippen molar-refractivity contribution in [2.75, 3.05) is 50.8 Å². The number of nitrogens with zero attached hydrogens (tertiary/aromatic N) is 7. The number of anilines is 1. The molecule has 2 atom stereocenters. The van der Waals surface area contributed by atoms with Crippen molar-refractivity contribution in [3.63, 3.8) is 0 Å². The Hall–Kier alpha value is -4.92. The standard InChI is InChI=1S/C40H44ClF2N9O3/c1-24-31(23-49(2)48-24)38-46-36-37(32(41)19-44-39(36)47-38)55-29-6-3-25(4-7-29)21-52-16-15-50(22-28(52)18-42)20-26-11-13-51(14-12-26)34-9-5-27(17-33(34)43)30-8-10-35(53)45-40(30)54/h3-7,9,17,19,23,26,28,30H,8,10-16,18,20-22H2,1-2H3,(H,44,46,47)(H,45,53,54)/t28?,30-/m0/s1. The molecule has 2 aromatic carbocycles. The van der Waals surface area contributed by atoms with Crippen LogP contribution in [0.4, 0.5) is 14.5 Å². The van der Waals surface area contributed by atoms with Gasteiger partial charge in [0.2, 0.25) is 11.8 Å². The maximum absolute atomic E-state index is 15.3. The van der Waals surface area contributed by atoms with Gasteiger partial charge in [0, 0.05) is 65.5 Å². The first-order valence-electron chi connectivity index (χ1n) is 18.8. The van der Waals surface area contributed by atoms with Gasteiger partial charge in [-0.1, -0.05) is 29.8 Å². The molecule has 12 nitrogen and oxygen atoms in total. The smallest absolute Gasteiger partial charge is 0.234 e. The van der Waals surface area contributed by atoms with Gasteiger partial charge < -0.3 is 19.5 Å². The van der Waals surface area contributed by atoms with Gasteiger partial charge in [0.1, 0.15) is 34.6 Å². The number of hydrogen-bond acceptors (Lipinski definition) is 9. The molecule has 0 saturated carbocycles. The lowest BCUT2D eigenvalue weighted by molar-refractivity contribution is -0.134. The molecule has 0 aliphatic carbocycles. The highest BCUT2D eigenvalue weighted by atomic mass is 35.5. The van der Waals surface area contributed by atoms with Crippen LogP contribution in [0.5, 0.6) is 11.5 Å². The molecule has 5 aromatic rings. The maximum Gasteiger partial charge on any atom is 0.234 e. The number of alkyl halides is 1. The van der Waals surface area contributed by atoms with Crippen molar-refractivity contribution in [1.29, 1.82) is 0 Å². The normalized spacial score (nSPS) is 20.3. The maximum atomic E-state index is 15.3. The monoisotopic (exact) mass is 771 g/mol. The average Bonchev–Trinajstić information content (AvgIpc) is 3.76. The van der Waals surface area contributed by atoms with Gasteiger partial charge in [0.05, 0.1) is 35.1 Å². The van der Waals surface area contributed by atoms with E-state index in [-0.39, 0.29) is 30.1 Å². The number of imide groups is 1. The molecule has 3 aliphatic heterocycles. The number of piperidine rings is 2. The molecule has 8 rings (SSSR count). The minimum absolute atomic E-state index is 0.205. The summed E-state index contributed by atoms with van der Waals surface area (Å²) in [5, 5.41) is 7.12. The number of nitrogens with one attached hydrogen (secondary N) is 2. The number of aromatic amines is 1. The summed E-state index contributed by atoms with van der Waals surface area (Å²) in [4.78, 5) is 42.8. The number of benzene rings is 2. The average molecular weight is 772 g/mol. The predicted molar refractivity (Wildman–Crippen MR) is 205 cm³/mol. The van der Waals surface area contributed by atoms with Crippen molar-refractivity contribution in [3.8, 4) is 22.9 Å². The molecule has 0 bridgehead atoms. The number of piperazine rings is 1. The zero-order valence-corrected chi connectivity index (χ0v) is 31.7. The van der Waals surface area contributed by atoms with E-state index >= 15 is 4.39 Å². The quantitative estimate of drug-likeness (QED) is 0.161. The van der Waals surface area contributed by atoms with Gasteiger partial charge in [-0.05, 0) is 67.5 Å². The third-order valence-electron chi connectivity index (χ3n) is 11.2. The molecular formula is C40H44ClF2N9O3. The number of pyridine rings is 1. The second-order valence-corrected chi connectivity index (χ2v) is 15.4. The Balaban J connectivity index is 0.832. The highest BCUT2D eigenvalue weighted by Gasteiger charge is 2.32. The summed E-state index contributed by atoms with van der Waals surface area (Å²) in [6.07, 6.45) is 5.92. The number of fused-ring (bicyclic) bond motifs is 1. The van der Waals surface area contributed by atoms with Crippen LogP contribution in [0.3, 0.4) is 0 Å². The van der Waals surface area contributed by atoms with Gasteiger partial charge in [-0.25, -0.2) is 18.7 Å². The van der Waals surface area contributed by atoms with E-state index in [0.29, 0.717) is 70.2 Å². The van der Waals surface area contributed by atoms with Gasteiger partial charge in [0.25, 0.3) is 0 Å². The third-order valence-corrected chi connectivity index (χ3v) is 11.4. The van der Waals surface area contributed by atoms with Crippen LogP contribution in [0.1, 0.15) is 48.4 Å². The number of aromatic nitrogens is 5. The summed E-state index contributed by atoms with van der Waals surface area (Å²) in [7, 11) is 1.86. The molecule has 288 valence electrons. The van der Waals surface area contributed by atoms with Crippen LogP contribution >= 0.6 is 11.6 Å². The highest BCUT2D eigenvalue weighted by Crippen LogP contribution is 2.37. The fourth-order valence-electron chi connectivity index (χ4n) is 8.19. The van der Waals surface area contributed by atoms with Crippen molar-refractivity contribution in [1.82, 2.24) is 39.8 Å². The SMILES string of the molecule is Cc1nn(C)cc1-c1nc2ncc(Cl)c(Oc3ccc(CN4CCN(CC5CCN(c6ccc([C@@H]7CCC(=O)NC7=O)cc6F)CC5)CC4CF)cc3)c2[nH]1. The second kappa shape index (κ2) is 15.7. The molecule has 15 heteroatoms. The van der Waals surface area contributed by atoms with E-state index in [1.54, 1.807) is 16.8 Å². The lowest BCUT2D eigenvalue weighted by atomic mass is 9.90. The first kappa shape index (κ1) is 37.0. The Morgan fingerprint density at radius 2 is 1.84 bits per heavy atom. The molecule has 0 radical (unpaired) electrons. The molecule has 2 amide bonds. The zero-order chi connectivity index (χ0) is 38.2. The number of carbonyl (C=O) groups is 2. The molecule has 1 unspecified atom stereocenters. The highest BCUT2D eigenvalue weighted by molar-refractivity contribution is 6.32. The molecule has 2 N–H and O–H groups in total. The third kappa shape index (κ3) is 7.94. The molecule has 3 aromatic heterocycles. The summed E-state index contributed by atoms with van der Waals surface area (Å²) >= 11 is 6.55. The molecule has 6 heterocycles.